The number of carboxylic acid groups (broad SMARTS) is 1. The fourth-order valence-electron chi connectivity index (χ4n) is 1.58. The average molecular weight is 290 g/mol. The van der Waals surface area contributed by atoms with Gasteiger partial charge in [-0.1, -0.05) is 0 Å². The highest BCUT2D eigenvalue weighted by Crippen LogP contribution is 2.17. The third kappa shape index (κ3) is 4.08. The van der Waals surface area contributed by atoms with Crippen molar-refractivity contribution in [1.29, 1.82) is 0 Å². The Morgan fingerprint density at radius 2 is 1.90 bits per heavy atom. The lowest BCUT2D eigenvalue weighted by atomic mass is 10.3. The van der Waals surface area contributed by atoms with Gasteiger partial charge >= 0.3 is 5.97 Å². The highest BCUT2D eigenvalue weighted by Gasteiger charge is 2.11. The zero-order valence-corrected chi connectivity index (χ0v) is 11.0. The summed E-state index contributed by atoms with van der Waals surface area (Å²) in [6.45, 7) is -0.192. The number of carbonyl (C=O) groups is 2. The van der Waals surface area contributed by atoms with Gasteiger partial charge in [-0.25, -0.2) is 4.79 Å². The Hall–Kier alpha value is -2.80. The van der Waals surface area contributed by atoms with Crippen LogP contribution >= 0.6 is 0 Å². The van der Waals surface area contributed by atoms with Crippen LogP contribution in [0.2, 0.25) is 0 Å². The SMILES string of the molecule is NCc1ccc(C(=O)Nc2ccc(OCC(=O)O)cc2)o1. The minimum absolute atomic E-state index is 0.168. The van der Waals surface area contributed by atoms with E-state index in [1.165, 1.54) is 0 Å². The summed E-state index contributed by atoms with van der Waals surface area (Å²) in [5, 5.41) is 11.1. The van der Waals surface area contributed by atoms with Crippen LogP contribution in [0.5, 0.6) is 5.75 Å². The number of aliphatic carboxylic acids is 1. The summed E-state index contributed by atoms with van der Waals surface area (Å²) in [7, 11) is 0. The molecule has 0 radical (unpaired) electrons. The lowest BCUT2D eigenvalue weighted by molar-refractivity contribution is -0.139. The molecule has 0 saturated carbocycles. The Balaban J connectivity index is 1.96. The van der Waals surface area contributed by atoms with Crippen LogP contribution in [0.15, 0.2) is 40.8 Å². The summed E-state index contributed by atoms with van der Waals surface area (Å²) < 4.78 is 10.2. The normalized spacial score (nSPS) is 10.1. The molecule has 21 heavy (non-hydrogen) atoms. The summed E-state index contributed by atoms with van der Waals surface area (Å²) in [5.74, 6) is -0.354. The number of amides is 1. The van der Waals surface area contributed by atoms with Gasteiger partial charge in [0, 0.05) is 5.69 Å². The second-order valence-electron chi connectivity index (χ2n) is 4.13. The van der Waals surface area contributed by atoms with E-state index in [-0.39, 0.29) is 12.3 Å². The standard InChI is InChI=1S/C14H14N2O5/c15-7-11-5-6-12(21-11)14(19)16-9-1-3-10(4-2-9)20-8-13(17)18/h1-6H,7-8,15H2,(H,16,19)(H,17,18). The maximum absolute atomic E-state index is 11.9. The number of nitrogens with two attached hydrogens (primary N) is 1. The molecule has 7 nitrogen and oxygen atoms in total. The van der Waals surface area contributed by atoms with Crippen LogP contribution in [0, 0.1) is 0 Å². The van der Waals surface area contributed by atoms with Crippen LogP contribution in [0.1, 0.15) is 16.3 Å². The molecule has 0 bridgehead atoms. The number of ether oxygens (including phenoxy) is 1. The molecule has 110 valence electrons. The molecule has 7 heteroatoms. The predicted octanol–water partition coefficient (Wildman–Crippen LogP) is 1.45. The van der Waals surface area contributed by atoms with E-state index < -0.39 is 18.5 Å². The Morgan fingerprint density at radius 1 is 1.19 bits per heavy atom. The summed E-state index contributed by atoms with van der Waals surface area (Å²) in [6.07, 6.45) is 0. The van der Waals surface area contributed by atoms with Gasteiger partial charge in [-0.15, -0.1) is 0 Å². The largest absolute Gasteiger partial charge is 0.482 e. The minimum atomic E-state index is -1.05. The van der Waals surface area contributed by atoms with E-state index in [0.717, 1.165) is 0 Å². The number of rotatable bonds is 6. The maximum Gasteiger partial charge on any atom is 0.341 e. The number of anilines is 1. The summed E-state index contributed by atoms with van der Waals surface area (Å²) in [5.41, 5.74) is 5.94. The van der Waals surface area contributed by atoms with Gasteiger partial charge < -0.3 is 25.3 Å². The Kier molecular flexibility index (Phi) is 4.57. The van der Waals surface area contributed by atoms with Crippen LogP contribution in [-0.4, -0.2) is 23.6 Å². The first-order chi connectivity index (χ1) is 10.1. The lowest BCUT2D eigenvalue weighted by Gasteiger charge is -2.06. The molecule has 1 amide bonds. The van der Waals surface area contributed by atoms with Crippen LogP contribution in [0.4, 0.5) is 5.69 Å². The van der Waals surface area contributed by atoms with Crippen molar-refractivity contribution >= 4 is 17.6 Å². The van der Waals surface area contributed by atoms with E-state index in [1.807, 2.05) is 0 Å². The van der Waals surface area contributed by atoms with E-state index >= 15 is 0 Å². The van der Waals surface area contributed by atoms with Crippen LogP contribution in [0.3, 0.4) is 0 Å². The van der Waals surface area contributed by atoms with Gasteiger partial charge in [0.25, 0.3) is 5.91 Å². The van der Waals surface area contributed by atoms with E-state index in [0.29, 0.717) is 17.2 Å². The van der Waals surface area contributed by atoms with Gasteiger partial charge in [-0.05, 0) is 36.4 Å². The number of furan rings is 1. The van der Waals surface area contributed by atoms with E-state index in [2.05, 4.69) is 5.32 Å². The van der Waals surface area contributed by atoms with Gasteiger partial charge in [-0.2, -0.15) is 0 Å². The monoisotopic (exact) mass is 290 g/mol. The molecule has 0 saturated heterocycles. The van der Waals surface area contributed by atoms with Crippen molar-refractivity contribution < 1.29 is 23.8 Å². The zero-order valence-electron chi connectivity index (χ0n) is 11.0. The third-order valence-corrected chi connectivity index (χ3v) is 2.56. The number of hydrogen-bond acceptors (Lipinski definition) is 5. The van der Waals surface area contributed by atoms with Gasteiger partial charge in [-0.3, -0.25) is 4.79 Å². The first-order valence-corrected chi connectivity index (χ1v) is 6.13. The number of benzene rings is 1. The van der Waals surface area contributed by atoms with Crippen molar-refractivity contribution in [3.05, 3.63) is 47.9 Å². The fourth-order valence-corrected chi connectivity index (χ4v) is 1.58. The van der Waals surface area contributed by atoms with Gasteiger partial charge in [0.1, 0.15) is 11.5 Å². The number of carboxylic acids is 1. The molecule has 0 atom stereocenters. The summed E-state index contributed by atoms with van der Waals surface area (Å²) in [4.78, 5) is 22.3. The molecule has 0 aliphatic heterocycles. The minimum Gasteiger partial charge on any atom is -0.482 e. The highest BCUT2D eigenvalue weighted by atomic mass is 16.5. The quantitative estimate of drug-likeness (QED) is 0.741. The molecule has 0 fully saturated rings. The fraction of sp³-hybridized carbons (Fsp3) is 0.143. The van der Waals surface area contributed by atoms with Crippen molar-refractivity contribution in [2.45, 2.75) is 6.54 Å². The second-order valence-corrected chi connectivity index (χ2v) is 4.13. The van der Waals surface area contributed by atoms with Crippen LogP contribution < -0.4 is 15.8 Å². The molecular formula is C14H14N2O5. The molecule has 2 rings (SSSR count). The first-order valence-electron chi connectivity index (χ1n) is 6.13. The second kappa shape index (κ2) is 6.58. The predicted molar refractivity (Wildman–Crippen MR) is 74.1 cm³/mol. The number of nitrogens with one attached hydrogen (secondary N) is 1. The molecular weight excluding hydrogens is 276 g/mol. The Labute approximate surface area is 120 Å². The van der Waals surface area contributed by atoms with Crippen molar-refractivity contribution in [3.63, 3.8) is 0 Å². The topological polar surface area (TPSA) is 115 Å². The summed E-state index contributed by atoms with van der Waals surface area (Å²) >= 11 is 0. The Morgan fingerprint density at radius 3 is 2.48 bits per heavy atom. The Bertz CT molecular complexity index is 633. The van der Waals surface area contributed by atoms with Gasteiger partial charge in [0.2, 0.25) is 0 Å². The smallest absolute Gasteiger partial charge is 0.341 e. The zero-order chi connectivity index (χ0) is 15.2. The molecule has 4 N–H and O–H groups in total. The van der Waals surface area contributed by atoms with Crippen molar-refractivity contribution in [3.8, 4) is 5.75 Å². The van der Waals surface area contributed by atoms with Crippen molar-refractivity contribution in [2.75, 3.05) is 11.9 Å². The molecule has 0 aliphatic rings. The van der Waals surface area contributed by atoms with Crippen LogP contribution in [-0.2, 0) is 11.3 Å². The van der Waals surface area contributed by atoms with Crippen LogP contribution in [0.25, 0.3) is 0 Å². The molecule has 0 unspecified atom stereocenters. The van der Waals surface area contributed by atoms with Gasteiger partial charge in [0.05, 0.1) is 6.54 Å². The lowest BCUT2D eigenvalue weighted by Crippen LogP contribution is -2.11. The van der Waals surface area contributed by atoms with E-state index in [4.69, 9.17) is 20.0 Å². The molecule has 0 spiro atoms. The van der Waals surface area contributed by atoms with Crippen molar-refractivity contribution in [1.82, 2.24) is 0 Å². The summed E-state index contributed by atoms with van der Waals surface area (Å²) in [6, 6.07) is 9.50. The molecule has 1 aromatic carbocycles. The van der Waals surface area contributed by atoms with Gasteiger partial charge in [0.15, 0.2) is 12.4 Å². The molecule has 2 aromatic rings. The number of carbonyl (C=O) groups excluding carboxylic acids is 1. The molecule has 1 heterocycles. The average Bonchev–Trinajstić information content (AvgIpc) is 2.95. The highest BCUT2D eigenvalue weighted by molar-refractivity contribution is 6.02. The first kappa shape index (κ1) is 14.6. The maximum atomic E-state index is 11.9. The third-order valence-electron chi connectivity index (χ3n) is 2.56. The molecule has 1 aromatic heterocycles. The number of hydrogen-bond donors (Lipinski definition) is 3. The van der Waals surface area contributed by atoms with Crippen molar-refractivity contribution in [2.24, 2.45) is 5.73 Å². The molecule has 0 aliphatic carbocycles. The van der Waals surface area contributed by atoms with E-state index in [1.54, 1.807) is 36.4 Å². The van der Waals surface area contributed by atoms with E-state index in [9.17, 15) is 9.59 Å².